The van der Waals surface area contributed by atoms with Gasteiger partial charge < -0.3 is 55.1 Å². The molecule has 6 amide bonds. The second kappa shape index (κ2) is 29.5. The maximum Gasteiger partial charge on any atom is 0.329 e. The lowest BCUT2D eigenvalue weighted by Crippen LogP contribution is -2.61. The Hall–Kier alpha value is -5.67. The number of aliphatic hydroxyl groups is 2. The highest BCUT2D eigenvalue weighted by molar-refractivity contribution is 6.05. The van der Waals surface area contributed by atoms with Crippen LogP contribution < -0.4 is 20.7 Å². The third-order valence-electron chi connectivity index (χ3n) is 15.5. The summed E-state index contributed by atoms with van der Waals surface area (Å²) >= 11 is 0. The number of ketones is 1. The fraction of sp³-hybridized carbons (Fsp3) is 0.737. The quantitative estimate of drug-likeness (QED) is 0.118. The van der Waals surface area contributed by atoms with E-state index in [1.54, 1.807) is 61.9 Å². The number of carbonyl (C=O) groups is 9. The van der Waals surface area contributed by atoms with Crippen molar-refractivity contribution < 1.29 is 67.6 Å². The largest absolute Gasteiger partial charge is 0.497 e. The van der Waals surface area contributed by atoms with Crippen LogP contribution in [0.25, 0.3) is 0 Å². The number of fused-ring (bicyclic) bond motifs is 1. The van der Waals surface area contributed by atoms with Gasteiger partial charge >= 0.3 is 11.9 Å². The zero-order valence-corrected chi connectivity index (χ0v) is 48.6. The minimum absolute atomic E-state index is 0.0444. The van der Waals surface area contributed by atoms with Crippen LogP contribution in [-0.4, -0.2) is 191 Å². The van der Waals surface area contributed by atoms with Crippen LogP contribution in [0, 0.1) is 29.6 Å². The van der Waals surface area contributed by atoms with Gasteiger partial charge in [-0.25, -0.2) is 4.79 Å². The van der Waals surface area contributed by atoms with Crippen LogP contribution in [0.2, 0.25) is 0 Å². The number of methoxy groups -OCH3 is 1. The lowest BCUT2D eigenvalue weighted by molar-refractivity contribution is -0.163. The van der Waals surface area contributed by atoms with E-state index in [-0.39, 0.29) is 50.2 Å². The smallest absolute Gasteiger partial charge is 0.329 e. The predicted octanol–water partition coefficient (Wildman–Crippen LogP) is 2.79. The number of hydrogen-bond donors (Lipinski definition) is 5. The van der Waals surface area contributed by atoms with E-state index >= 15 is 4.79 Å². The van der Waals surface area contributed by atoms with Crippen molar-refractivity contribution in [2.75, 3.05) is 40.8 Å². The predicted molar refractivity (Wildman–Crippen MR) is 290 cm³/mol. The molecule has 0 unspecified atom stereocenters. The van der Waals surface area contributed by atoms with Crippen LogP contribution in [0.15, 0.2) is 24.3 Å². The number of amides is 6. The minimum atomic E-state index is -1.64. The number of esters is 2. The molecule has 0 bridgehead atoms. The van der Waals surface area contributed by atoms with Crippen molar-refractivity contribution in [3.05, 3.63) is 29.8 Å². The Morgan fingerprint density at radius 3 is 2.09 bits per heavy atom. The van der Waals surface area contributed by atoms with Gasteiger partial charge in [0.15, 0.2) is 11.9 Å². The summed E-state index contributed by atoms with van der Waals surface area (Å²) in [5, 5.41) is 30.5. The Morgan fingerprint density at radius 1 is 0.872 bits per heavy atom. The topological polar surface area (TPSA) is 271 Å². The average molecular weight is 1100 g/mol. The first-order valence-electron chi connectivity index (χ1n) is 28.0. The Bertz CT molecular complexity index is 2240. The number of hydrogen-bond acceptors (Lipinski definition) is 15. The molecule has 3 saturated heterocycles. The number of nitrogens with zero attached hydrogens (tertiary/aromatic N) is 4. The number of cyclic esters (lactones) is 2. The van der Waals surface area contributed by atoms with Crippen molar-refractivity contribution in [2.45, 2.75) is 201 Å². The molecule has 0 aliphatic carbocycles. The zero-order valence-electron chi connectivity index (χ0n) is 48.6. The van der Waals surface area contributed by atoms with Gasteiger partial charge in [0.25, 0.3) is 5.91 Å². The molecular formula is C57H91N7O14. The normalized spacial score (nSPS) is 28.1. The van der Waals surface area contributed by atoms with E-state index in [4.69, 9.17) is 14.2 Å². The summed E-state index contributed by atoms with van der Waals surface area (Å²) in [4.78, 5) is 135. The third kappa shape index (κ3) is 17.2. The second-order valence-electron chi connectivity index (χ2n) is 23.1. The summed E-state index contributed by atoms with van der Waals surface area (Å²) in [6, 6.07) is -0.766. The highest BCUT2D eigenvalue weighted by atomic mass is 16.6. The molecule has 5 N–H and O–H groups in total. The van der Waals surface area contributed by atoms with Crippen molar-refractivity contribution >= 4 is 53.2 Å². The SMILES string of the molecule is CC[C@H](C)[C@H]1NC(=O)[C@@H](NC(=O)[C@@H](CC(C)C)N(C)C[C@@H]2CCCN2C(=O)[C@@H](C)O)[C@@H](C)OC(=O)[C@H](Cc2ccc(OC)cc2)N(C)C(=O)[C@@H]2CCCN2C(=O)[C@H](CC(C)C)NC(=O)[C@@H](C)C(=O)[C@H](C(C)C)OC(=O)C[C@@H]1O. The van der Waals surface area contributed by atoms with Gasteiger partial charge in [0, 0.05) is 39.1 Å². The number of benzene rings is 1. The van der Waals surface area contributed by atoms with E-state index in [1.165, 1.54) is 44.7 Å². The number of rotatable bonds is 16. The number of likely N-dealkylation sites (N-methyl/N-ethyl adjacent to an activating group) is 2. The molecule has 1 aromatic carbocycles. The van der Waals surface area contributed by atoms with E-state index < -0.39 is 138 Å². The molecule has 438 valence electrons. The molecular weight excluding hydrogens is 1010 g/mol. The summed E-state index contributed by atoms with van der Waals surface area (Å²) in [6.45, 7) is 19.4. The van der Waals surface area contributed by atoms with E-state index in [9.17, 15) is 48.6 Å². The van der Waals surface area contributed by atoms with Crippen LogP contribution in [0.3, 0.4) is 0 Å². The van der Waals surface area contributed by atoms with Crippen molar-refractivity contribution in [3.8, 4) is 5.75 Å². The van der Waals surface area contributed by atoms with Gasteiger partial charge in [0.05, 0.1) is 37.6 Å². The summed E-state index contributed by atoms with van der Waals surface area (Å²) in [5.41, 5.74) is 0.604. The van der Waals surface area contributed by atoms with Crippen LogP contribution in [0.5, 0.6) is 5.75 Å². The molecule has 0 spiro atoms. The maximum atomic E-state index is 15.0. The first kappa shape index (κ1) is 64.9. The molecule has 3 heterocycles. The molecule has 13 atom stereocenters. The Balaban J connectivity index is 1.87. The van der Waals surface area contributed by atoms with Gasteiger partial charge in [-0.1, -0.05) is 73.9 Å². The lowest BCUT2D eigenvalue weighted by atomic mass is 9.91. The molecule has 0 radical (unpaired) electrons. The molecule has 0 saturated carbocycles. The van der Waals surface area contributed by atoms with Crippen molar-refractivity contribution in [1.82, 2.24) is 35.6 Å². The molecule has 21 heteroatoms. The van der Waals surface area contributed by atoms with Crippen LogP contribution >= 0.6 is 0 Å². The molecule has 21 nitrogen and oxygen atoms in total. The number of Topliss-reactive ketones (excluding diaryl/α,β-unsaturated/α-hetero) is 1. The molecule has 0 aromatic heterocycles. The number of likely N-dealkylation sites (tertiary alicyclic amines) is 1. The summed E-state index contributed by atoms with van der Waals surface area (Å²) in [5.74, 6) is -8.68. The van der Waals surface area contributed by atoms with E-state index in [1.807, 2.05) is 34.6 Å². The highest BCUT2D eigenvalue weighted by Crippen LogP contribution is 2.27. The van der Waals surface area contributed by atoms with E-state index in [2.05, 4.69) is 16.0 Å². The lowest BCUT2D eigenvalue weighted by Gasteiger charge is -2.36. The van der Waals surface area contributed by atoms with Crippen LogP contribution in [-0.2, 0) is 59.0 Å². The Morgan fingerprint density at radius 2 is 1.51 bits per heavy atom. The minimum Gasteiger partial charge on any atom is -0.497 e. The Kier molecular flexibility index (Phi) is 24.5. The summed E-state index contributed by atoms with van der Waals surface area (Å²) in [7, 11) is 4.67. The first-order chi connectivity index (χ1) is 36.6. The van der Waals surface area contributed by atoms with E-state index in [0.717, 1.165) is 0 Å². The average Bonchev–Trinajstić information content (AvgIpc) is 4.09. The fourth-order valence-electron chi connectivity index (χ4n) is 10.7. The van der Waals surface area contributed by atoms with Gasteiger partial charge in [0.1, 0.15) is 42.1 Å². The van der Waals surface area contributed by atoms with Gasteiger partial charge in [0.2, 0.25) is 29.5 Å². The number of carbonyl (C=O) groups excluding carboxylic acids is 9. The Labute approximate surface area is 461 Å². The zero-order chi connectivity index (χ0) is 58.5. The summed E-state index contributed by atoms with van der Waals surface area (Å²) < 4.78 is 17.3. The number of nitrogens with one attached hydrogen (secondary N) is 3. The molecule has 3 fully saturated rings. The number of aliphatic hydroxyl groups excluding tert-OH is 2. The van der Waals surface area contributed by atoms with Crippen molar-refractivity contribution in [2.24, 2.45) is 29.6 Å². The fourth-order valence-corrected chi connectivity index (χ4v) is 10.7. The second-order valence-corrected chi connectivity index (χ2v) is 23.1. The van der Waals surface area contributed by atoms with Crippen LogP contribution in [0.1, 0.15) is 133 Å². The third-order valence-corrected chi connectivity index (χ3v) is 15.5. The summed E-state index contributed by atoms with van der Waals surface area (Å²) in [6.07, 6.45) is -3.66. The monoisotopic (exact) mass is 1100 g/mol. The van der Waals surface area contributed by atoms with Crippen molar-refractivity contribution in [1.29, 1.82) is 0 Å². The van der Waals surface area contributed by atoms with Gasteiger partial charge in [-0.05, 0) is 108 Å². The molecule has 3 aliphatic heterocycles. The first-order valence-corrected chi connectivity index (χ1v) is 28.0. The van der Waals surface area contributed by atoms with Crippen LogP contribution in [0.4, 0.5) is 0 Å². The maximum absolute atomic E-state index is 15.0. The molecule has 4 rings (SSSR count). The number of ether oxygens (including phenoxy) is 3. The molecule has 78 heavy (non-hydrogen) atoms. The standard InChI is InChI=1S/C57H91N7O14/c1-15-34(8)47-45(66)29-46(67)78-50(33(6)7)49(68)35(9)51(69)58-41(26-31(2)3)55(73)64-25-17-19-42(64)56(74)62(13)44(28-38-20-22-40(76-14)23-21-38)57(75)77-37(11)48(53(71)59-47)60-52(70)43(27-32(4)5)61(12)30-39-18-16-24-63(39)54(72)36(10)65/h20-23,31-37,39,41-45,47-48,50,65-66H,15-19,24-30H2,1-14H3,(H,58,69)(H,59,71)(H,60,70)/t34-,35-,36+,37+,39-,41-,42-,43+,44-,45-,47+,48-,50-/m0/s1. The highest BCUT2D eigenvalue weighted by Gasteiger charge is 2.45. The molecule has 1 aromatic rings. The van der Waals surface area contributed by atoms with Gasteiger partial charge in [-0.2, -0.15) is 0 Å². The van der Waals surface area contributed by atoms with Gasteiger partial charge in [-0.15, -0.1) is 0 Å². The van der Waals surface area contributed by atoms with Gasteiger partial charge in [-0.3, -0.25) is 43.3 Å². The van der Waals surface area contributed by atoms with E-state index in [0.29, 0.717) is 50.0 Å². The molecule has 3 aliphatic rings. The van der Waals surface area contributed by atoms with Crippen molar-refractivity contribution in [3.63, 3.8) is 0 Å².